The molecule has 1 aromatic carbocycles. The first-order valence-electron chi connectivity index (χ1n) is 7.75. The van der Waals surface area contributed by atoms with E-state index in [4.69, 9.17) is 0 Å². The summed E-state index contributed by atoms with van der Waals surface area (Å²) in [5, 5.41) is 9.94. The number of nitrogens with zero attached hydrogens (tertiary/aromatic N) is 2. The number of aliphatic hydroxyl groups excluding tert-OH is 1. The number of carbonyl (C=O) groups excluding carboxylic acids is 1. The molecule has 4 nitrogen and oxygen atoms in total. The summed E-state index contributed by atoms with van der Waals surface area (Å²) >= 11 is 0. The predicted octanol–water partition coefficient (Wildman–Crippen LogP) is 2.49. The van der Waals surface area contributed by atoms with Crippen LogP contribution < -0.4 is 0 Å². The van der Waals surface area contributed by atoms with Crippen molar-refractivity contribution in [2.45, 2.75) is 31.4 Å². The van der Waals surface area contributed by atoms with E-state index < -0.39 is 6.10 Å². The van der Waals surface area contributed by atoms with Crippen LogP contribution in [0.15, 0.2) is 48.8 Å². The van der Waals surface area contributed by atoms with E-state index in [0.717, 1.165) is 11.1 Å². The molecule has 1 saturated heterocycles. The highest BCUT2D eigenvalue weighted by Crippen LogP contribution is 2.32. The van der Waals surface area contributed by atoms with Crippen LogP contribution in [0.4, 0.5) is 4.39 Å². The van der Waals surface area contributed by atoms with Crippen molar-refractivity contribution in [1.82, 2.24) is 9.88 Å². The second-order valence-corrected chi connectivity index (χ2v) is 5.86. The van der Waals surface area contributed by atoms with Crippen LogP contribution >= 0.6 is 0 Å². The van der Waals surface area contributed by atoms with Crippen LogP contribution in [-0.4, -0.2) is 33.5 Å². The van der Waals surface area contributed by atoms with Gasteiger partial charge in [-0.15, -0.1) is 0 Å². The number of rotatable bonds is 4. The minimum atomic E-state index is -0.532. The van der Waals surface area contributed by atoms with Crippen LogP contribution in [0.25, 0.3) is 0 Å². The van der Waals surface area contributed by atoms with Gasteiger partial charge in [-0.3, -0.25) is 9.78 Å². The molecule has 5 heteroatoms. The third-order valence-electron chi connectivity index (χ3n) is 4.23. The highest BCUT2D eigenvalue weighted by molar-refractivity contribution is 5.77. The van der Waals surface area contributed by atoms with E-state index in [-0.39, 0.29) is 17.8 Å². The summed E-state index contributed by atoms with van der Waals surface area (Å²) in [7, 11) is 0. The molecule has 1 amide bonds. The van der Waals surface area contributed by atoms with E-state index in [1.165, 1.54) is 12.1 Å². The first-order chi connectivity index (χ1) is 11.1. The molecule has 1 N–H and O–H groups in total. The fourth-order valence-corrected chi connectivity index (χ4v) is 3.03. The van der Waals surface area contributed by atoms with E-state index in [2.05, 4.69) is 4.98 Å². The maximum atomic E-state index is 13.1. The second kappa shape index (κ2) is 6.87. The molecule has 1 fully saturated rings. The van der Waals surface area contributed by atoms with E-state index in [1.54, 1.807) is 29.4 Å². The first kappa shape index (κ1) is 15.6. The molecular formula is C18H19FN2O2. The molecule has 0 aliphatic carbocycles. The van der Waals surface area contributed by atoms with Crippen molar-refractivity contribution < 1.29 is 14.3 Å². The number of hydrogen-bond acceptors (Lipinski definition) is 3. The van der Waals surface area contributed by atoms with Crippen LogP contribution in [-0.2, 0) is 11.2 Å². The lowest BCUT2D eigenvalue weighted by atomic mass is 10.0. The molecule has 120 valence electrons. The number of benzene rings is 1. The molecule has 0 radical (unpaired) electrons. The smallest absolute Gasteiger partial charge is 0.223 e. The number of aromatic nitrogens is 1. The molecule has 2 atom stereocenters. The maximum absolute atomic E-state index is 13.1. The third kappa shape index (κ3) is 3.74. The molecule has 2 aromatic rings. The lowest BCUT2D eigenvalue weighted by Gasteiger charge is -2.25. The molecule has 23 heavy (non-hydrogen) atoms. The Morgan fingerprint density at radius 2 is 1.91 bits per heavy atom. The zero-order valence-corrected chi connectivity index (χ0v) is 12.7. The zero-order valence-electron chi connectivity index (χ0n) is 12.7. The minimum absolute atomic E-state index is 0.00712. The van der Waals surface area contributed by atoms with Gasteiger partial charge in [0.2, 0.25) is 5.91 Å². The Hall–Kier alpha value is -2.27. The van der Waals surface area contributed by atoms with Gasteiger partial charge in [-0.1, -0.05) is 12.1 Å². The molecule has 0 unspecified atom stereocenters. The van der Waals surface area contributed by atoms with Gasteiger partial charge in [0, 0.05) is 25.4 Å². The Morgan fingerprint density at radius 3 is 2.61 bits per heavy atom. The van der Waals surface area contributed by atoms with Gasteiger partial charge in [-0.2, -0.15) is 0 Å². The molecule has 1 aliphatic heterocycles. The predicted molar refractivity (Wildman–Crippen MR) is 84.0 cm³/mol. The summed E-state index contributed by atoms with van der Waals surface area (Å²) in [6.07, 6.45) is 4.40. The van der Waals surface area contributed by atoms with Crippen molar-refractivity contribution in [3.63, 3.8) is 0 Å². The number of aryl methyl sites for hydroxylation is 1. The normalized spacial score (nSPS) is 20.7. The summed E-state index contributed by atoms with van der Waals surface area (Å²) in [6.45, 7) is 0.331. The van der Waals surface area contributed by atoms with Gasteiger partial charge in [0.25, 0.3) is 0 Å². The molecule has 0 bridgehead atoms. The van der Waals surface area contributed by atoms with Crippen LogP contribution in [0, 0.1) is 5.82 Å². The van der Waals surface area contributed by atoms with Crippen LogP contribution in [0.5, 0.6) is 0 Å². The first-order valence-corrected chi connectivity index (χ1v) is 7.75. The number of likely N-dealkylation sites (tertiary alicyclic amines) is 1. The van der Waals surface area contributed by atoms with Gasteiger partial charge in [-0.25, -0.2) is 4.39 Å². The molecular weight excluding hydrogens is 295 g/mol. The topological polar surface area (TPSA) is 53.4 Å². The Kier molecular flexibility index (Phi) is 4.67. The Labute approximate surface area is 134 Å². The van der Waals surface area contributed by atoms with Crippen LogP contribution in [0.2, 0.25) is 0 Å². The number of aliphatic hydroxyl groups is 1. The van der Waals surface area contributed by atoms with Gasteiger partial charge < -0.3 is 10.0 Å². The average Bonchev–Trinajstić information content (AvgIpc) is 2.96. The van der Waals surface area contributed by atoms with Crippen molar-refractivity contribution in [2.75, 3.05) is 6.54 Å². The van der Waals surface area contributed by atoms with E-state index in [0.29, 0.717) is 25.8 Å². The SMILES string of the molecule is O=C(CCc1ccncc1)N1C[C@@H](O)C[C@@H]1c1ccc(F)cc1. The number of amides is 1. The molecule has 0 saturated carbocycles. The van der Waals surface area contributed by atoms with Gasteiger partial charge >= 0.3 is 0 Å². The molecule has 1 aromatic heterocycles. The highest BCUT2D eigenvalue weighted by Gasteiger charge is 2.34. The summed E-state index contributed by atoms with van der Waals surface area (Å²) in [5.41, 5.74) is 1.92. The zero-order chi connectivity index (χ0) is 16.2. The van der Waals surface area contributed by atoms with Crippen LogP contribution in [0.3, 0.4) is 0 Å². The molecule has 2 heterocycles. The molecule has 0 spiro atoms. The van der Waals surface area contributed by atoms with E-state index in [9.17, 15) is 14.3 Å². The van der Waals surface area contributed by atoms with Gasteiger partial charge in [0.1, 0.15) is 5.82 Å². The largest absolute Gasteiger partial charge is 0.391 e. The van der Waals surface area contributed by atoms with Crippen molar-refractivity contribution in [3.05, 3.63) is 65.7 Å². The second-order valence-electron chi connectivity index (χ2n) is 5.86. The Morgan fingerprint density at radius 1 is 1.22 bits per heavy atom. The number of pyridine rings is 1. The summed E-state index contributed by atoms with van der Waals surface area (Å²) < 4.78 is 13.1. The molecule has 1 aliphatic rings. The Bertz CT molecular complexity index is 660. The van der Waals surface area contributed by atoms with Crippen molar-refractivity contribution in [3.8, 4) is 0 Å². The molecule has 3 rings (SSSR count). The fourth-order valence-electron chi connectivity index (χ4n) is 3.03. The minimum Gasteiger partial charge on any atom is -0.391 e. The maximum Gasteiger partial charge on any atom is 0.223 e. The average molecular weight is 314 g/mol. The number of halogens is 1. The Balaban J connectivity index is 1.69. The van der Waals surface area contributed by atoms with E-state index in [1.807, 2.05) is 12.1 Å². The number of β-amino-alcohol motifs (C(OH)–C–C–N with tert-alkyl or cyclic N) is 1. The van der Waals surface area contributed by atoms with Gasteiger partial charge in [0.15, 0.2) is 0 Å². The monoisotopic (exact) mass is 314 g/mol. The van der Waals surface area contributed by atoms with Crippen molar-refractivity contribution >= 4 is 5.91 Å². The quantitative estimate of drug-likeness (QED) is 0.943. The number of carbonyl (C=O) groups is 1. The fraction of sp³-hybridized carbons (Fsp3) is 0.333. The lowest BCUT2D eigenvalue weighted by Crippen LogP contribution is -2.31. The lowest BCUT2D eigenvalue weighted by molar-refractivity contribution is -0.132. The van der Waals surface area contributed by atoms with E-state index >= 15 is 0 Å². The highest BCUT2D eigenvalue weighted by atomic mass is 19.1. The summed E-state index contributed by atoms with van der Waals surface area (Å²) in [6, 6.07) is 9.74. The van der Waals surface area contributed by atoms with Gasteiger partial charge in [0.05, 0.1) is 12.1 Å². The summed E-state index contributed by atoms with van der Waals surface area (Å²) in [5.74, 6) is -0.296. The number of hydrogen-bond donors (Lipinski definition) is 1. The standard InChI is InChI=1S/C18H19FN2O2/c19-15-4-2-14(3-5-15)17-11-16(22)12-21(17)18(23)6-1-13-7-9-20-10-8-13/h2-5,7-10,16-17,22H,1,6,11-12H2/t16-,17+/m0/s1. The third-order valence-corrected chi connectivity index (χ3v) is 4.23. The van der Waals surface area contributed by atoms with Gasteiger partial charge in [-0.05, 0) is 48.2 Å². The van der Waals surface area contributed by atoms with Crippen molar-refractivity contribution in [2.24, 2.45) is 0 Å². The summed E-state index contributed by atoms with van der Waals surface area (Å²) in [4.78, 5) is 18.2. The van der Waals surface area contributed by atoms with Crippen LogP contribution in [0.1, 0.15) is 30.0 Å². The van der Waals surface area contributed by atoms with Crippen molar-refractivity contribution in [1.29, 1.82) is 0 Å².